The van der Waals surface area contributed by atoms with Crippen LogP contribution in [0.4, 0.5) is 16.3 Å². The summed E-state index contributed by atoms with van der Waals surface area (Å²) in [6, 6.07) is 0.806. The number of hydrogen-bond acceptors (Lipinski definition) is 11. The highest BCUT2D eigenvalue weighted by Crippen LogP contribution is 2.32. The Morgan fingerprint density at radius 2 is 2.11 bits per heavy atom. The molecular weight excluding hydrogens is 504 g/mol. The number of alkyl carbamates (subject to hydrolysis) is 1. The summed E-state index contributed by atoms with van der Waals surface area (Å²) in [6.45, 7) is 7.56. The molecule has 1 aliphatic rings. The minimum atomic E-state index is -0.845. The van der Waals surface area contributed by atoms with Crippen molar-refractivity contribution in [3.63, 3.8) is 0 Å². The first-order valence-electron chi connectivity index (χ1n) is 11.5. The second kappa shape index (κ2) is 10.1. The number of thiazole rings is 1. The zero-order valence-electron chi connectivity index (χ0n) is 20.7. The maximum absolute atomic E-state index is 13.2. The van der Waals surface area contributed by atoms with Crippen LogP contribution in [-0.2, 0) is 9.47 Å². The van der Waals surface area contributed by atoms with Gasteiger partial charge in [-0.15, -0.1) is 11.3 Å². The quantitative estimate of drug-likeness (QED) is 0.285. The highest BCUT2D eigenvalue weighted by atomic mass is 32.1. The summed E-state index contributed by atoms with van der Waals surface area (Å²) in [4.78, 5) is 59.7. The number of esters is 1. The van der Waals surface area contributed by atoms with Crippen LogP contribution in [0.5, 0.6) is 0 Å². The van der Waals surface area contributed by atoms with Gasteiger partial charge in [0.25, 0.3) is 0 Å². The summed E-state index contributed by atoms with van der Waals surface area (Å²) in [5.74, 6) is -0.804. The van der Waals surface area contributed by atoms with Gasteiger partial charge in [0.1, 0.15) is 11.2 Å². The number of ether oxygens (including phenoxy) is 2. The fourth-order valence-electron chi connectivity index (χ4n) is 3.98. The number of nitrogens with one attached hydrogen (secondary N) is 1. The van der Waals surface area contributed by atoms with E-state index in [1.807, 2.05) is 0 Å². The van der Waals surface area contributed by atoms with Crippen LogP contribution in [-0.4, -0.2) is 62.9 Å². The summed E-state index contributed by atoms with van der Waals surface area (Å²) in [7, 11) is 0. The summed E-state index contributed by atoms with van der Waals surface area (Å²) >= 11 is 1.24. The van der Waals surface area contributed by atoms with Crippen molar-refractivity contribution in [3.05, 3.63) is 49.7 Å². The number of pyridine rings is 2. The largest absolute Gasteiger partial charge is 0.462 e. The second-order valence-electron chi connectivity index (χ2n) is 9.31. The Morgan fingerprint density at radius 1 is 1.35 bits per heavy atom. The Balaban J connectivity index is 1.79. The molecule has 37 heavy (non-hydrogen) atoms. The van der Waals surface area contributed by atoms with Crippen molar-refractivity contribution >= 4 is 45.9 Å². The smallest absolute Gasteiger partial charge is 0.407 e. The Morgan fingerprint density at radius 3 is 2.73 bits per heavy atom. The highest BCUT2D eigenvalue weighted by molar-refractivity contribution is 7.12. The van der Waals surface area contributed by atoms with Crippen LogP contribution in [0.2, 0.25) is 0 Å². The molecule has 4 rings (SSSR count). The SMILES string of the molecule is CCOC(=O)c1cn(-c2nccs2)c2nc(N3CCC(NC(=O)OC(C)(C)C)C3)c([N+](=O)[O-])cc2c1=O. The number of nitro groups is 1. The third-order valence-electron chi connectivity index (χ3n) is 5.46. The molecule has 0 radical (unpaired) electrons. The van der Waals surface area contributed by atoms with Crippen LogP contribution >= 0.6 is 11.3 Å². The lowest BCUT2D eigenvalue weighted by atomic mass is 10.1. The fourth-order valence-corrected chi connectivity index (χ4v) is 4.59. The summed E-state index contributed by atoms with van der Waals surface area (Å²) in [5.41, 5.74) is -1.96. The van der Waals surface area contributed by atoms with Gasteiger partial charge in [-0.3, -0.25) is 19.5 Å². The van der Waals surface area contributed by atoms with Crippen molar-refractivity contribution in [2.75, 3.05) is 24.6 Å². The van der Waals surface area contributed by atoms with Crippen LogP contribution in [0.25, 0.3) is 16.2 Å². The number of amides is 1. The molecule has 1 N–H and O–H groups in total. The number of rotatable bonds is 6. The number of carbonyl (C=O) groups is 2. The molecule has 14 heteroatoms. The van der Waals surface area contributed by atoms with E-state index in [0.717, 1.165) is 6.07 Å². The molecule has 1 unspecified atom stereocenters. The Hall–Kier alpha value is -4.07. The normalized spacial score (nSPS) is 15.6. The van der Waals surface area contributed by atoms with E-state index in [2.05, 4.69) is 15.3 Å². The first-order valence-corrected chi connectivity index (χ1v) is 12.4. The molecule has 0 saturated carbocycles. The van der Waals surface area contributed by atoms with Crippen molar-refractivity contribution in [1.29, 1.82) is 0 Å². The minimum Gasteiger partial charge on any atom is -0.462 e. The second-order valence-corrected chi connectivity index (χ2v) is 10.2. The minimum absolute atomic E-state index is 0.0413. The van der Waals surface area contributed by atoms with Crippen molar-refractivity contribution in [1.82, 2.24) is 19.9 Å². The number of carbonyl (C=O) groups excluding carboxylic acids is 2. The lowest BCUT2D eigenvalue weighted by molar-refractivity contribution is -0.384. The van der Waals surface area contributed by atoms with Crippen LogP contribution in [0.3, 0.4) is 0 Å². The number of hydrogen-bond donors (Lipinski definition) is 1. The molecule has 1 amide bonds. The van der Waals surface area contributed by atoms with Crippen molar-refractivity contribution in [2.45, 2.75) is 45.8 Å². The molecule has 0 aromatic carbocycles. The van der Waals surface area contributed by atoms with Gasteiger partial charge in [-0.25, -0.2) is 19.6 Å². The Kier molecular flexibility index (Phi) is 7.12. The van der Waals surface area contributed by atoms with Gasteiger partial charge in [0.05, 0.1) is 23.0 Å². The third-order valence-corrected chi connectivity index (χ3v) is 6.24. The van der Waals surface area contributed by atoms with Crippen LogP contribution in [0.15, 0.2) is 28.6 Å². The Labute approximate surface area is 215 Å². The van der Waals surface area contributed by atoms with Crippen molar-refractivity contribution < 1.29 is 24.0 Å². The maximum atomic E-state index is 13.2. The average Bonchev–Trinajstić information content (AvgIpc) is 3.50. The van der Waals surface area contributed by atoms with E-state index in [9.17, 15) is 24.5 Å². The van der Waals surface area contributed by atoms with Gasteiger partial charge in [0, 0.05) is 36.9 Å². The molecule has 1 atom stereocenters. The number of aromatic nitrogens is 3. The molecule has 1 saturated heterocycles. The van der Waals surface area contributed by atoms with Gasteiger partial charge in [-0.1, -0.05) is 0 Å². The fraction of sp³-hybridized carbons (Fsp3) is 0.435. The zero-order chi connectivity index (χ0) is 26.9. The van der Waals surface area contributed by atoms with Crippen molar-refractivity contribution in [3.8, 4) is 5.13 Å². The summed E-state index contributed by atoms with van der Waals surface area (Å²) in [5, 5.41) is 16.8. The van der Waals surface area contributed by atoms with E-state index < -0.39 is 33.7 Å². The molecule has 196 valence electrons. The van der Waals surface area contributed by atoms with Gasteiger partial charge in [0.15, 0.2) is 10.8 Å². The molecule has 13 nitrogen and oxygen atoms in total. The molecule has 1 fully saturated rings. The number of fused-ring (bicyclic) bond motifs is 1. The summed E-state index contributed by atoms with van der Waals surface area (Å²) in [6.07, 6.45) is 2.77. The lowest BCUT2D eigenvalue weighted by Gasteiger charge is -2.22. The van der Waals surface area contributed by atoms with Crippen LogP contribution < -0.4 is 15.6 Å². The molecule has 3 aromatic heterocycles. The number of anilines is 1. The molecular formula is C23H26N6O7S. The first-order chi connectivity index (χ1) is 17.5. The van der Waals surface area contributed by atoms with Gasteiger partial charge >= 0.3 is 17.7 Å². The molecule has 4 heterocycles. The predicted octanol–water partition coefficient (Wildman–Crippen LogP) is 3.03. The molecule has 3 aromatic rings. The monoisotopic (exact) mass is 530 g/mol. The predicted molar refractivity (Wildman–Crippen MR) is 136 cm³/mol. The van der Waals surface area contributed by atoms with Gasteiger partial charge in [-0.2, -0.15) is 0 Å². The standard InChI is InChI=1S/C23H26N6O7S/c1-5-35-20(31)15-12-28(21-24-7-9-37-21)18-14(17(15)30)10-16(29(33)34)19(26-18)27-8-6-13(11-27)25-22(32)36-23(2,3)4/h7,9-10,12-13H,5-6,8,11H2,1-4H3,(H,25,32). The van der Waals surface area contributed by atoms with Gasteiger partial charge in [0.2, 0.25) is 11.2 Å². The molecule has 0 bridgehead atoms. The topological polar surface area (TPSA) is 159 Å². The Bertz CT molecular complexity index is 1410. The van der Waals surface area contributed by atoms with Gasteiger partial charge < -0.3 is 19.7 Å². The molecule has 0 aliphatic carbocycles. The highest BCUT2D eigenvalue weighted by Gasteiger charge is 2.32. The van der Waals surface area contributed by atoms with E-state index >= 15 is 0 Å². The number of nitrogens with zero attached hydrogens (tertiary/aromatic N) is 5. The van der Waals surface area contributed by atoms with Crippen LogP contribution in [0.1, 0.15) is 44.5 Å². The summed E-state index contributed by atoms with van der Waals surface area (Å²) < 4.78 is 11.8. The van der Waals surface area contributed by atoms with E-state index in [0.29, 0.717) is 18.1 Å². The lowest BCUT2D eigenvalue weighted by Crippen LogP contribution is -2.40. The van der Waals surface area contributed by atoms with E-state index in [1.54, 1.807) is 44.2 Å². The third kappa shape index (κ3) is 5.53. The van der Waals surface area contributed by atoms with E-state index in [4.69, 9.17) is 9.47 Å². The maximum Gasteiger partial charge on any atom is 0.407 e. The molecule has 0 spiro atoms. The molecule has 1 aliphatic heterocycles. The van der Waals surface area contributed by atoms with Crippen molar-refractivity contribution in [2.24, 2.45) is 0 Å². The zero-order valence-corrected chi connectivity index (χ0v) is 21.5. The van der Waals surface area contributed by atoms with E-state index in [1.165, 1.54) is 22.1 Å². The van der Waals surface area contributed by atoms with E-state index in [-0.39, 0.29) is 41.6 Å². The average molecular weight is 531 g/mol. The van der Waals surface area contributed by atoms with Crippen LogP contribution in [0, 0.1) is 10.1 Å². The first kappa shape index (κ1) is 26.0. The van der Waals surface area contributed by atoms with Gasteiger partial charge in [-0.05, 0) is 34.1 Å².